The average molecular weight is 242 g/mol. The average Bonchev–Trinajstić information content (AvgIpc) is 3.08. The molecule has 0 aliphatic heterocycles. The minimum atomic E-state index is 0.473. The van der Waals surface area contributed by atoms with Crippen molar-refractivity contribution >= 4 is 0 Å². The van der Waals surface area contributed by atoms with Gasteiger partial charge in [-0.2, -0.15) is 0 Å². The van der Waals surface area contributed by atoms with E-state index in [4.69, 9.17) is 4.74 Å². The lowest BCUT2D eigenvalue weighted by Crippen LogP contribution is -2.47. The Morgan fingerprint density at radius 2 is 2.06 bits per heavy atom. The highest BCUT2D eigenvalue weighted by Gasteiger charge is 2.26. The predicted octanol–water partition coefficient (Wildman–Crippen LogP) is 2.12. The molecule has 1 atom stereocenters. The number of methoxy groups -OCH3 is 1. The van der Waals surface area contributed by atoms with Crippen LogP contribution in [0.15, 0.2) is 0 Å². The van der Waals surface area contributed by atoms with E-state index in [2.05, 4.69) is 31.0 Å². The van der Waals surface area contributed by atoms with Gasteiger partial charge in [-0.1, -0.05) is 6.92 Å². The second-order valence-corrected chi connectivity index (χ2v) is 5.60. The minimum Gasteiger partial charge on any atom is -0.383 e. The lowest BCUT2D eigenvalue weighted by molar-refractivity contribution is 0.122. The molecular formula is C14H30N2O. The van der Waals surface area contributed by atoms with Crippen molar-refractivity contribution < 1.29 is 4.74 Å². The fourth-order valence-electron chi connectivity index (χ4n) is 2.14. The van der Waals surface area contributed by atoms with Crippen LogP contribution >= 0.6 is 0 Å². The van der Waals surface area contributed by atoms with Crippen LogP contribution in [-0.4, -0.2) is 50.3 Å². The summed E-state index contributed by atoms with van der Waals surface area (Å²) >= 11 is 0. The van der Waals surface area contributed by atoms with Crippen molar-refractivity contribution in [2.45, 2.75) is 52.1 Å². The van der Waals surface area contributed by atoms with Crippen molar-refractivity contribution in [2.75, 3.05) is 33.4 Å². The van der Waals surface area contributed by atoms with E-state index in [0.29, 0.717) is 12.1 Å². The van der Waals surface area contributed by atoms with Gasteiger partial charge < -0.3 is 10.1 Å². The number of nitrogens with one attached hydrogen (secondary N) is 1. The maximum Gasteiger partial charge on any atom is 0.0628 e. The number of ether oxygens (including phenoxy) is 1. The number of hydrogen-bond donors (Lipinski definition) is 1. The van der Waals surface area contributed by atoms with Crippen molar-refractivity contribution in [1.82, 2.24) is 10.2 Å². The van der Waals surface area contributed by atoms with Crippen molar-refractivity contribution in [3.63, 3.8) is 0 Å². The molecule has 3 nitrogen and oxygen atoms in total. The summed E-state index contributed by atoms with van der Waals surface area (Å²) in [6.07, 6.45) is 4.05. The van der Waals surface area contributed by atoms with Crippen LogP contribution in [0.5, 0.6) is 0 Å². The fourth-order valence-corrected chi connectivity index (χ4v) is 2.14. The summed E-state index contributed by atoms with van der Waals surface area (Å²) < 4.78 is 5.31. The Morgan fingerprint density at radius 1 is 1.35 bits per heavy atom. The Morgan fingerprint density at radius 3 is 2.53 bits per heavy atom. The zero-order chi connectivity index (χ0) is 12.7. The molecule has 3 heteroatoms. The van der Waals surface area contributed by atoms with Gasteiger partial charge in [0.2, 0.25) is 0 Å². The summed E-state index contributed by atoms with van der Waals surface area (Å²) in [6, 6.07) is 1.11. The first kappa shape index (κ1) is 14.9. The summed E-state index contributed by atoms with van der Waals surface area (Å²) in [6.45, 7) is 11.1. The van der Waals surface area contributed by atoms with Gasteiger partial charge in [0.05, 0.1) is 6.61 Å². The monoisotopic (exact) mass is 242 g/mol. The topological polar surface area (TPSA) is 24.5 Å². The largest absolute Gasteiger partial charge is 0.383 e. The summed E-state index contributed by atoms with van der Waals surface area (Å²) in [5, 5.41) is 3.58. The Bertz CT molecular complexity index is 193. The fraction of sp³-hybridized carbons (Fsp3) is 1.00. The second kappa shape index (κ2) is 8.06. The normalized spacial score (nSPS) is 18.0. The lowest BCUT2D eigenvalue weighted by Gasteiger charge is -2.31. The third kappa shape index (κ3) is 6.39. The molecule has 1 saturated carbocycles. The molecular weight excluding hydrogens is 212 g/mol. The summed E-state index contributed by atoms with van der Waals surface area (Å²) in [5.74, 6) is 0.965. The zero-order valence-electron chi connectivity index (χ0n) is 12.0. The summed E-state index contributed by atoms with van der Waals surface area (Å²) in [5.41, 5.74) is 0. The molecule has 1 unspecified atom stereocenters. The molecule has 102 valence electrons. The maximum atomic E-state index is 5.31. The van der Waals surface area contributed by atoms with Crippen LogP contribution in [0.1, 0.15) is 40.0 Å². The Hall–Kier alpha value is -0.120. The van der Waals surface area contributed by atoms with Crippen LogP contribution in [-0.2, 0) is 4.74 Å². The summed E-state index contributed by atoms with van der Waals surface area (Å²) in [4.78, 5) is 2.60. The van der Waals surface area contributed by atoms with Gasteiger partial charge >= 0.3 is 0 Å². The first-order valence-corrected chi connectivity index (χ1v) is 7.13. The molecule has 0 aromatic heterocycles. The molecule has 1 aliphatic carbocycles. The van der Waals surface area contributed by atoms with E-state index >= 15 is 0 Å². The smallest absolute Gasteiger partial charge is 0.0628 e. The number of rotatable bonds is 10. The van der Waals surface area contributed by atoms with Crippen molar-refractivity contribution in [3.8, 4) is 0 Å². The van der Waals surface area contributed by atoms with Crippen molar-refractivity contribution in [1.29, 1.82) is 0 Å². The van der Waals surface area contributed by atoms with Crippen LogP contribution in [0.3, 0.4) is 0 Å². The van der Waals surface area contributed by atoms with Gasteiger partial charge in [0.25, 0.3) is 0 Å². The molecule has 0 bridgehead atoms. The van der Waals surface area contributed by atoms with Crippen LogP contribution < -0.4 is 5.32 Å². The maximum absolute atomic E-state index is 5.31. The van der Waals surface area contributed by atoms with Crippen molar-refractivity contribution in [2.24, 2.45) is 5.92 Å². The van der Waals surface area contributed by atoms with Gasteiger partial charge in [-0.25, -0.2) is 0 Å². The van der Waals surface area contributed by atoms with Crippen LogP contribution in [0.4, 0.5) is 0 Å². The van der Waals surface area contributed by atoms with E-state index in [1.165, 1.54) is 25.8 Å². The van der Waals surface area contributed by atoms with Crippen LogP contribution in [0.2, 0.25) is 0 Å². The third-order valence-corrected chi connectivity index (χ3v) is 3.43. The number of nitrogens with zero attached hydrogens (tertiary/aromatic N) is 1. The third-order valence-electron chi connectivity index (χ3n) is 3.43. The molecule has 0 heterocycles. The van der Waals surface area contributed by atoms with E-state index in [1.54, 1.807) is 7.11 Å². The van der Waals surface area contributed by atoms with Crippen LogP contribution in [0, 0.1) is 5.92 Å². The van der Waals surface area contributed by atoms with Crippen molar-refractivity contribution in [3.05, 3.63) is 0 Å². The molecule has 0 radical (unpaired) electrons. The highest BCUT2D eigenvalue weighted by molar-refractivity contribution is 4.81. The van der Waals surface area contributed by atoms with Gasteiger partial charge in [0, 0.05) is 32.3 Å². The van der Waals surface area contributed by atoms with Gasteiger partial charge in [-0.3, -0.25) is 4.90 Å². The predicted molar refractivity (Wildman–Crippen MR) is 73.4 cm³/mol. The van der Waals surface area contributed by atoms with E-state index in [1.807, 2.05) is 0 Å². The molecule has 0 saturated heterocycles. The van der Waals surface area contributed by atoms with E-state index in [0.717, 1.165) is 25.6 Å². The van der Waals surface area contributed by atoms with Gasteiger partial charge in [0.1, 0.15) is 0 Å². The van der Waals surface area contributed by atoms with E-state index in [-0.39, 0.29) is 0 Å². The molecule has 1 aliphatic rings. The molecule has 1 fully saturated rings. The van der Waals surface area contributed by atoms with Crippen LogP contribution in [0.25, 0.3) is 0 Å². The standard InChI is InChI=1S/C14H30N2O/c1-5-8-15-14(11-17-4)10-16(12(2)3)9-13-6-7-13/h12-15H,5-11H2,1-4H3. The molecule has 0 aromatic carbocycles. The lowest BCUT2D eigenvalue weighted by atomic mass is 10.2. The molecule has 0 spiro atoms. The number of hydrogen-bond acceptors (Lipinski definition) is 3. The Kier molecular flexibility index (Phi) is 7.09. The highest BCUT2D eigenvalue weighted by atomic mass is 16.5. The Balaban J connectivity index is 2.35. The first-order chi connectivity index (χ1) is 8.17. The van der Waals surface area contributed by atoms with Gasteiger partial charge in [-0.15, -0.1) is 0 Å². The molecule has 17 heavy (non-hydrogen) atoms. The molecule has 0 amide bonds. The summed E-state index contributed by atoms with van der Waals surface area (Å²) in [7, 11) is 1.79. The highest BCUT2D eigenvalue weighted by Crippen LogP contribution is 2.30. The van der Waals surface area contributed by atoms with E-state index in [9.17, 15) is 0 Å². The molecule has 0 aromatic rings. The first-order valence-electron chi connectivity index (χ1n) is 7.13. The minimum absolute atomic E-state index is 0.473. The Labute approximate surface area is 107 Å². The quantitative estimate of drug-likeness (QED) is 0.635. The van der Waals surface area contributed by atoms with E-state index < -0.39 is 0 Å². The second-order valence-electron chi connectivity index (χ2n) is 5.60. The van der Waals surface area contributed by atoms with Gasteiger partial charge in [-0.05, 0) is 45.6 Å². The zero-order valence-corrected chi connectivity index (χ0v) is 12.0. The van der Waals surface area contributed by atoms with Gasteiger partial charge in [0.15, 0.2) is 0 Å². The molecule has 1 N–H and O–H groups in total. The SMILES string of the molecule is CCCNC(COC)CN(CC1CC1)C(C)C. The molecule has 1 rings (SSSR count).